The molecule has 0 saturated carbocycles. The summed E-state index contributed by atoms with van der Waals surface area (Å²) in [4.78, 5) is 29.5. The lowest BCUT2D eigenvalue weighted by molar-refractivity contribution is -0.128. The maximum atomic E-state index is 13.9. The molecule has 1 atom stereocenters. The predicted molar refractivity (Wildman–Crippen MR) is 169 cm³/mol. The number of hydrogen-bond donors (Lipinski definition) is 3. The number of anilines is 1. The summed E-state index contributed by atoms with van der Waals surface area (Å²) in [5.74, 6) is 0.262. The number of H-pyrrole nitrogens is 1. The third-order valence-electron chi connectivity index (χ3n) is 7.30. The van der Waals surface area contributed by atoms with Crippen LogP contribution in [0.2, 0.25) is 0 Å². The zero-order chi connectivity index (χ0) is 29.4. The molecule has 0 unspecified atom stereocenters. The fraction of sp³-hybridized carbons (Fsp3) is 0.258. The Kier molecular flexibility index (Phi) is 7.65. The molecule has 1 aliphatic rings. The highest BCUT2D eigenvalue weighted by molar-refractivity contribution is 9.10. The molecule has 0 radical (unpaired) electrons. The smallest absolute Gasteiger partial charge is 0.249 e. The van der Waals surface area contributed by atoms with Gasteiger partial charge in [-0.25, -0.2) is 5.10 Å². The van der Waals surface area contributed by atoms with Gasteiger partial charge in [-0.3, -0.25) is 9.59 Å². The van der Waals surface area contributed by atoms with Crippen molar-refractivity contribution in [3.05, 3.63) is 82.3 Å². The molecule has 3 aromatic carbocycles. The topological polar surface area (TPSA) is 130 Å². The first kappa shape index (κ1) is 28.2. The summed E-state index contributed by atoms with van der Waals surface area (Å²) in [7, 11) is 0. The maximum Gasteiger partial charge on any atom is 0.249 e. The number of rotatable bonds is 7. The Balaban J connectivity index is 1.33. The van der Waals surface area contributed by atoms with Gasteiger partial charge in [0, 0.05) is 43.3 Å². The number of nitrogens with one attached hydrogen (secondary N) is 2. The van der Waals surface area contributed by atoms with Crippen LogP contribution in [0.4, 0.5) is 5.69 Å². The van der Waals surface area contributed by atoms with Crippen molar-refractivity contribution in [3.63, 3.8) is 0 Å². The van der Waals surface area contributed by atoms with E-state index in [9.17, 15) is 9.59 Å². The summed E-state index contributed by atoms with van der Waals surface area (Å²) >= 11 is 5.55. The van der Waals surface area contributed by atoms with Gasteiger partial charge < -0.3 is 16.0 Å². The van der Waals surface area contributed by atoms with Crippen molar-refractivity contribution in [1.82, 2.24) is 25.9 Å². The van der Waals surface area contributed by atoms with Gasteiger partial charge in [-0.2, -0.15) is 0 Å². The van der Waals surface area contributed by atoms with Gasteiger partial charge in [-0.1, -0.05) is 48.5 Å². The number of aromatic amines is 1. The van der Waals surface area contributed by atoms with Crippen molar-refractivity contribution in [2.75, 3.05) is 4.90 Å². The maximum absolute atomic E-state index is 13.9. The standard InChI is InChI=1S/C31H30BrN7O2S/c1-31(2,33)16-26(40)34-23-13-12-19-7-3-6-10-24(19)39(30(23)41)17-18-11-14-25-22(15-18)27(32)28(42-25)20-8-4-5-9-21(20)29-35-37-38-36-29/h3-11,14-15,23H,12-13,16-17,33H2,1-2H3,(H,34,40)(H,35,36,37,38)/t23-/m1/s1. The van der Waals surface area contributed by atoms with Crippen LogP contribution in [-0.2, 0) is 22.6 Å². The Bertz CT molecular complexity index is 1780. The first-order chi connectivity index (χ1) is 20.2. The average Bonchev–Trinajstić information content (AvgIpc) is 3.59. The van der Waals surface area contributed by atoms with Gasteiger partial charge >= 0.3 is 0 Å². The first-order valence-electron chi connectivity index (χ1n) is 13.7. The summed E-state index contributed by atoms with van der Waals surface area (Å²) < 4.78 is 2.09. The molecule has 11 heteroatoms. The van der Waals surface area contributed by atoms with E-state index in [4.69, 9.17) is 5.73 Å². The summed E-state index contributed by atoms with van der Waals surface area (Å²) in [5, 5.41) is 18.5. The molecule has 214 valence electrons. The lowest BCUT2D eigenvalue weighted by Gasteiger charge is -2.27. The minimum Gasteiger partial charge on any atom is -0.344 e. The number of aromatic nitrogens is 4. The Labute approximate surface area is 255 Å². The van der Waals surface area contributed by atoms with Crippen LogP contribution in [0.15, 0.2) is 71.2 Å². The van der Waals surface area contributed by atoms with Crippen molar-refractivity contribution < 1.29 is 9.59 Å². The number of benzene rings is 3. The van der Waals surface area contributed by atoms with Gasteiger partial charge in [0.15, 0.2) is 5.82 Å². The van der Waals surface area contributed by atoms with E-state index in [0.717, 1.165) is 47.4 Å². The SMILES string of the molecule is CC(C)(N)CC(=O)N[C@@H]1CCc2ccccc2N(Cc2ccc3sc(-c4ccccc4-c4nnn[nH]4)c(Br)c3c2)C1=O. The van der Waals surface area contributed by atoms with Crippen LogP contribution in [-0.4, -0.2) is 44.0 Å². The molecule has 9 nitrogen and oxygen atoms in total. The molecule has 5 aromatic rings. The fourth-order valence-corrected chi connectivity index (χ4v) is 7.43. The van der Waals surface area contributed by atoms with Crippen molar-refractivity contribution in [1.29, 1.82) is 0 Å². The number of carbonyl (C=O) groups is 2. The molecular formula is C31H30BrN7O2S. The fourth-order valence-electron chi connectivity index (χ4n) is 5.40. The summed E-state index contributed by atoms with van der Waals surface area (Å²) in [6, 6.07) is 21.6. The van der Waals surface area contributed by atoms with Gasteiger partial charge in [-0.15, -0.1) is 16.4 Å². The molecule has 2 aromatic heterocycles. The molecule has 42 heavy (non-hydrogen) atoms. The predicted octanol–water partition coefficient (Wildman–Crippen LogP) is 5.60. The van der Waals surface area contributed by atoms with Crippen molar-refractivity contribution in [2.45, 2.75) is 51.2 Å². The van der Waals surface area contributed by atoms with E-state index in [1.54, 1.807) is 30.1 Å². The van der Waals surface area contributed by atoms with Crippen LogP contribution >= 0.6 is 27.3 Å². The first-order valence-corrected chi connectivity index (χ1v) is 15.3. The second-order valence-corrected chi connectivity index (χ2v) is 13.1. The van der Waals surface area contributed by atoms with Crippen molar-refractivity contribution in [2.24, 2.45) is 5.73 Å². The van der Waals surface area contributed by atoms with E-state index < -0.39 is 11.6 Å². The number of nitrogens with zero attached hydrogens (tertiary/aromatic N) is 4. The number of fused-ring (bicyclic) bond motifs is 2. The zero-order valence-corrected chi connectivity index (χ0v) is 25.6. The number of aryl methyl sites for hydroxylation is 1. The third-order valence-corrected chi connectivity index (χ3v) is 9.60. The lowest BCUT2D eigenvalue weighted by Crippen LogP contribution is -2.49. The van der Waals surface area contributed by atoms with Crippen LogP contribution in [0.25, 0.3) is 31.9 Å². The summed E-state index contributed by atoms with van der Waals surface area (Å²) in [6.07, 6.45) is 1.36. The van der Waals surface area contributed by atoms with Crippen LogP contribution in [0, 0.1) is 0 Å². The Hall–Kier alpha value is -3.93. The molecule has 4 N–H and O–H groups in total. The molecule has 2 amide bonds. The Morgan fingerprint density at radius 1 is 1.14 bits per heavy atom. The monoisotopic (exact) mass is 643 g/mol. The van der Waals surface area contributed by atoms with Crippen LogP contribution in [0.3, 0.4) is 0 Å². The molecule has 0 spiro atoms. The number of thiophene rings is 1. The Morgan fingerprint density at radius 2 is 1.90 bits per heavy atom. The number of carbonyl (C=O) groups excluding carboxylic acids is 2. The molecular weight excluding hydrogens is 614 g/mol. The molecule has 0 fully saturated rings. The van der Waals surface area contributed by atoms with E-state index in [-0.39, 0.29) is 18.2 Å². The minimum atomic E-state index is -0.658. The number of hydrogen-bond acceptors (Lipinski definition) is 7. The molecule has 6 rings (SSSR count). The molecule has 0 saturated heterocycles. The van der Waals surface area contributed by atoms with Crippen LogP contribution in [0.1, 0.15) is 37.8 Å². The van der Waals surface area contributed by atoms with Gasteiger partial charge in [-0.05, 0) is 82.4 Å². The molecule has 0 aliphatic carbocycles. The quantitative estimate of drug-likeness (QED) is 0.212. The van der Waals surface area contributed by atoms with Crippen LogP contribution < -0.4 is 16.0 Å². The lowest BCUT2D eigenvalue weighted by atomic mass is 10.0. The van der Waals surface area contributed by atoms with E-state index in [1.165, 1.54) is 0 Å². The van der Waals surface area contributed by atoms with Gasteiger partial charge in [0.2, 0.25) is 11.8 Å². The van der Waals surface area contributed by atoms with Gasteiger partial charge in [0.25, 0.3) is 0 Å². The van der Waals surface area contributed by atoms with E-state index >= 15 is 0 Å². The van der Waals surface area contributed by atoms with Crippen LogP contribution in [0.5, 0.6) is 0 Å². The largest absolute Gasteiger partial charge is 0.344 e. The van der Waals surface area contributed by atoms with E-state index in [1.807, 2.05) is 36.4 Å². The van der Waals surface area contributed by atoms with Crippen molar-refractivity contribution >= 4 is 54.9 Å². The number of nitrogens with two attached hydrogens (primary N) is 1. The summed E-state index contributed by atoms with van der Waals surface area (Å²) in [6.45, 7) is 3.98. The average molecular weight is 645 g/mol. The second kappa shape index (κ2) is 11.4. The molecule has 0 bridgehead atoms. The third kappa shape index (κ3) is 5.72. The van der Waals surface area contributed by atoms with Gasteiger partial charge in [0.05, 0.1) is 11.4 Å². The number of tetrazole rings is 1. The second-order valence-electron chi connectivity index (χ2n) is 11.2. The minimum absolute atomic E-state index is 0.122. The molecule has 1 aliphatic heterocycles. The number of amides is 2. The van der Waals surface area contributed by atoms with E-state index in [2.05, 4.69) is 72.2 Å². The zero-order valence-electron chi connectivity index (χ0n) is 23.2. The number of halogens is 1. The van der Waals surface area contributed by atoms with Gasteiger partial charge in [0.1, 0.15) is 6.04 Å². The highest BCUT2D eigenvalue weighted by atomic mass is 79.9. The normalized spacial score (nSPS) is 15.5. The Morgan fingerprint density at radius 3 is 2.67 bits per heavy atom. The molecule has 3 heterocycles. The van der Waals surface area contributed by atoms with E-state index in [0.29, 0.717) is 25.2 Å². The highest BCUT2D eigenvalue weighted by Gasteiger charge is 2.32. The van der Waals surface area contributed by atoms with Crippen molar-refractivity contribution in [3.8, 4) is 21.8 Å². The highest BCUT2D eigenvalue weighted by Crippen LogP contribution is 2.45. The number of para-hydroxylation sites is 1. The summed E-state index contributed by atoms with van der Waals surface area (Å²) in [5.41, 5.74) is 10.3.